The Morgan fingerprint density at radius 2 is 2.18 bits per heavy atom. The number of fused-ring (bicyclic) bond motifs is 1. The normalized spacial score (nSPS) is 19.9. The second kappa shape index (κ2) is 5.62. The van der Waals surface area contributed by atoms with Gasteiger partial charge in [-0.2, -0.15) is 0 Å². The Bertz CT molecular complexity index is 346. The largest absolute Gasteiger partial charge is 0.347 e. The summed E-state index contributed by atoms with van der Waals surface area (Å²) in [5.74, 6) is 0. The maximum absolute atomic E-state index is 4.37. The molecule has 0 saturated carbocycles. The summed E-state index contributed by atoms with van der Waals surface area (Å²) < 4.78 is 0. The van der Waals surface area contributed by atoms with Gasteiger partial charge >= 0.3 is 0 Å². The van der Waals surface area contributed by atoms with Crippen LogP contribution in [0.4, 0.5) is 0 Å². The molecule has 0 radical (unpaired) electrons. The minimum Gasteiger partial charge on any atom is -0.347 e. The highest BCUT2D eigenvalue weighted by atomic mass is 15.2. The Balaban J connectivity index is 1.77. The minimum atomic E-state index is 0.526. The van der Waals surface area contributed by atoms with Gasteiger partial charge in [0.25, 0.3) is 0 Å². The zero-order valence-corrected chi connectivity index (χ0v) is 11.0. The van der Waals surface area contributed by atoms with E-state index >= 15 is 0 Å². The van der Waals surface area contributed by atoms with Gasteiger partial charge in [0, 0.05) is 38.6 Å². The Morgan fingerprint density at radius 1 is 1.35 bits per heavy atom. The molecule has 0 amide bonds. The maximum Gasteiger partial charge on any atom is 0.0925 e. The van der Waals surface area contributed by atoms with Crippen molar-refractivity contribution in [2.45, 2.75) is 19.0 Å². The van der Waals surface area contributed by atoms with Crippen LogP contribution < -0.4 is 5.32 Å². The van der Waals surface area contributed by atoms with E-state index < -0.39 is 0 Å². The van der Waals surface area contributed by atoms with Gasteiger partial charge in [-0.25, -0.2) is 4.98 Å². The van der Waals surface area contributed by atoms with Crippen LogP contribution >= 0.6 is 0 Å². The van der Waals surface area contributed by atoms with Crippen LogP contribution in [-0.4, -0.2) is 66.6 Å². The molecule has 0 aromatic carbocycles. The molecule has 5 heteroatoms. The van der Waals surface area contributed by atoms with Gasteiger partial charge in [0.2, 0.25) is 0 Å². The van der Waals surface area contributed by atoms with Gasteiger partial charge in [-0.1, -0.05) is 0 Å². The van der Waals surface area contributed by atoms with Gasteiger partial charge in [0.15, 0.2) is 0 Å². The highest BCUT2D eigenvalue weighted by Gasteiger charge is 2.20. The summed E-state index contributed by atoms with van der Waals surface area (Å²) in [5.41, 5.74) is 2.48. The predicted octanol–water partition coefficient (Wildman–Crippen LogP) is -0.0826. The summed E-state index contributed by atoms with van der Waals surface area (Å²) in [6.07, 6.45) is 2.83. The molecule has 1 aliphatic rings. The Kier molecular flexibility index (Phi) is 4.15. The number of hydrogen-bond acceptors (Lipinski definition) is 4. The Hall–Kier alpha value is -0.910. The van der Waals surface area contributed by atoms with Crippen molar-refractivity contribution in [2.24, 2.45) is 0 Å². The number of nitrogens with zero attached hydrogens (tertiary/aromatic N) is 3. The fourth-order valence-electron chi connectivity index (χ4n) is 2.20. The SMILES string of the molecule is CN(C)CCN(C)CC1Cc2nc[nH]c2CN1. The fraction of sp³-hybridized carbons (Fsp3) is 0.750. The summed E-state index contributed by atoms with van der Waals surface area (Å²) in [5, 5.41) is 3.55. The van der Waals surface area contributed by atoms with Crippen LogP contribution in [0, 0.1) is 0 Å². The quantitative estimate of drug-likeness (QED) is 0.752. The summed E-state index contributed by atoms with van der Waals surface area (Å²) >= 11 is 0. The fourth-order valence-corrected chi connectivity index (χ4v) is 2.20. The molecule has 1 aromatic rings. The van der Waals surface area contributed by atoms with Crippen molar-refractivity contribution in [1.82, 2.24) is 25.1 Å². The first-order valence-corrected chi connectivity index (χ1v) is 6.23. The number of aromatic amines is 1. The number of nitrogens with one attached hydrogen (secondary N) is 2. The van der Waals surface area contributed by atoms with Gasteiger partial charge in [0.1, 0.15) is 0 Å². The van der Waals surface area contributed by atoms with Gasteiger partial charge in [-0.05, 0) is 21.1 Å². The van der Waals surface area contributed by atoms with E-state index in [0.29, 0.717) is 6.04 Å². The molecule has 0 saturated heterocycles. The van der Waals surface area contributed by atoms with E-state index in [2.05, 4.69) is 46.2 Å². The summed E-state index contributed by atoms with van der Waals surface area (Å²) in [6, 6.07) is 0.526. The van der Waals surface area contributed by atoms with Gasteiger partial charge in [-0.3, -0.25) is 0 Å². The van der Waals surface area contributed by atoms with Crippen molar-refractivity contribution in [3.63, 3.8) is 0 Å². The number of imidazole rings is 1. The van der Waals surface area contributed by atoms with Crippen LogP contribution in [0.15, 0.2) is 6.33 Å². The van der Waals surface area contributed by atoms with Crippen LogP contribution in [0.2, 0.25) is 0 Å². The number of rotatable bonds is 5. The maximum atomic E-state index is 4.37. The molecule has 0 spiro atoms. The van der Waals surface area contributed by atoms with E-state index in [4.69, 9.17) is 0 Å². The van der Waals surface area contributed by atoms with Crippen molar-refractivity contribution in [3.05, 3.63) is 17.7 Å². The van der Waals surface area contributed by atoms with E-state index in [1.54, 1.807) is 6.33 Å². The monoisotopic (exact) mass is 237 g/mol. The van der Waals surface area contributed by atoms with E-state index in [9.17, 15) is 0 Å². The summed E-state index contributed by atoms with van der Waals surface area (Å²) in [7, 11) is 6.41. The first-order chi connectivity index (χ1) is 8.15. The van der Waals surface area contributed by atoms with Crippen LogP contribution in [0.3, 0.4) is 0 Å². The second-order valence-electron chi connectivity index (χ2n) is 5.18. The van der Waals surface area contributed by atoms with Crippen molar-refractivity contribution < 1.29 is 0 Å². The lowest BCUT2D eigenvalue weighted by Gasteiger charge is -2.28. The average Bonchev–Trinajstić information content (AvgIpc) is 2.73. The number of hydrogen-bond donors (Lipinski definition) is 2. The molecule has 2 rings (SSSR count). The molecule has 2 heterocycles. The Labute approximate surface area is 103 Å². The molecule has 1 aliphatic heterocycles. The van der Waals surface area contributed by atoms with E-state index in [1.807, 2.05) is 0 Å². The lowest BCUT2D eigenvalue weighted by molar-refractivity contribution is 0.249. The van der Waals surface area contributed by atoms with Crippen LogP contribution in [-0.2, 0) is 13.0 Å². The highest BCUT2D eigenvalue weighted by Crippen LogP contribution is 2.12. The zero-order valence-electron chi connectivity index (χ0n) is 11.0. The topological polar surface area (TPSA) is 47.2 Å². The second-order valence-corrected chi connectivity index (χ2v) is 5.18. The molecule has 0 fully saturated rings. The molecule has 1 atom stereocenters. The standard InChI is InChI=1S/C12H23N5/c1-16(2)4-5-17(3)8-10-6-11-12(7-13-10)15-9-14-11/h9-10,13H,4-8H2,1-3H3,(H,14,15). The molecule has 2 N–H and O–H groups in total. The molecule has 5 nitrogen and oxygen atoms in total. The lowest BCUT2D eigenvalue weighted by Crippen LogP contribution is -2.44. The molecule has 96 valence electrons. The Morgan fingerprint density at radius 3 is 2.94 bits per heavy atom. The van der Waals surface area contributed by atoms with Gasteiger partial charge < -0.3 is 20.1 Å². The molecule has 0 aliphatic carbocycles. The minimum absolute atomic E-state index is 0.526. The first kappa shape index (κ1) is 12.5. The summed E-state index contributed by atoms with van der Waals surface area (Å²) in [4.78, 5) is 12.1. The van der Waals surface area contributed by atoms with E-state index in [1.165, 1.54) is 11.4 Å². The smallest absolute Gasteiger partial charge is 0.0925 e. The molecule has 17 heavy (non-hydrogen) atoms. The predicted molar refractivity (Wildman–Crippen MR) is 69.0 cm³/mol. The third kappa shape index (κ3) is 3.52. The molecule has 1 unspecified atom stereocenters. The zero-order chi connectivity index (χ0) is 12.3. The third-order valence-corrected chi connectivity index (χ3v) is 3.28. The highest BCUT2D eigenvalue weighted by molar-refractivity contribution is 5.15. The van der Waals surface area contributed by atoms with Gasteiger partial charge in [0.05, 0.1) is 17.7 Å². The number of H-pyrrole nitrogens is 1. The molecular weight excluding hydrogens is 214 g/mol. The van der Waals surface area contributed by atoms with E-state index in [0.717, 1.165) is 32.6 Å². The first-order valence-electron chi connectivity index (χ1n) is 6.23. The number of aromatic nitrogens is 2. The van der Waals surface area contributed by atoms with Gasteiger partial charge in [-0.15, -0.1) is 0 Å². The molecule has 1 aromatic heterocycles. The summed E-state index contributed by atoms with van der Waals surface area (Å²) in [6.45, 7) is 4.22. The van der Waals surface area contributed by atoms with Crippen molar-refractivity contribution >= 4 is 0 Å². The lowest BCUT2D eigenvalue weighted by atomic mass is 10.1. The van der Waals surface area contributed by atoms with Crippen LogP contribution in [0.25, 0.3) is 0 Å². The third-order valence-electron chi connectivity index (χ3n) is 3.28. The van der Waals surface area contributed by atoms with E-state index in [-0.39, 0.29) is 0 Å². The van der Waals surface area contributed by atoms with Crippen LogP contribution in [0.1, 0.15) is 11.4 Å². The molecular formula is C12H23N5. The number of likely N-dealkylation sites (N-methyl/N-ethyl adjacent to an activating group) is 2. The van der Waals surface area contributed by atoms with Crippen molar-refractivity contribution in [2.75, 3.05) is 40.8 Å². The molecule has 0 bridgehead atoms. The average molecular weight is 237 g/mol. The van der Waals surface area contributed by atoms with Crippen molar-refractivity contribution in [3.8, 4) is 0 Å². The van der Waals surface area contributed by atoms with Crippen LogP contribution in [0.5, 0.6) is 0 Å². The van der Waals surface area contributed by atoms with Crippen molar-refractivity contribution in [1.29, 1.82) is 0 Å².